The lowest BCUT2D eigenvalue weighted by Gasteiger charge is -2.08. The Morgan fingerprint density at radius 1 is 1.25 bits per heavy atom. The summed E-state index contributed by atoms with van der Waals surface area (Å²) in [5.41, 5.74) is 0.964. The van der Waals surface area contributed by atoms with Crippen molar-refractivity contribution in [1.82, 2.24) is 0 Å². The van der Waals surface area contributed by atoms with Gasteiger partial charge in [-0.25, -0.2) is 8.42 Å². The Kier molecular flexibility index (Phi) is 2.35. The average Bonchev–Trinajstić information content (AvgIpc) is 1.91. The van der Waals surface area contributed by atoms with Gasteiger partial charge in [-0.15, -0.1) is 0 Å². The molecule has 0 saturated carbocycles. The zero-order valence-corrected chi connectivity index (χ0v) is 7.17. The molecule has 0 atom stereocenters. The van der Waals surface area contributed by atoms with Crippen molar-refractivity contribution in [3.8, 4) is 5.75 Å². The van der Waals surface area contributed by atoms with Gasteiger partial charge in [0.15, 0.2) is 0 Å². The van der Waals surface area contributed by atoms with E-state index in [1.165, 1.54) is 12.1 Å². The third kappa shape index (κ3) is 2.89. The molecule has 1 rings (SSSR count). The first-order valence-electron chi connectivity index (χ1n) is 3.19. The third-order valence-electron chi connectivity index (χ3n) is 1.22. The van der Waals surface area contributed by atoms with Crippen molar-refractivity contribution in [3.63, 3.8) is 0 Å². The van der Waals surface area contributed by atoms with Crippen LogP contribution in [-0.2, 0) is 10.4 Å². The van der Waals surface area contributed by atoms with Gasteiger partial charge in [-0.3, -0.25) is 0 Å². The third-order valence-corrected chi connectivity index (χ3v) is 1.62. The molecule has 5 heteroatoms. The highest BCUT2D eigenvalue weighted by Crippen LogP contribution is 2.12. The number of benzene rings is 1. The lowest BCUT2D eigenvalue weighted by atomic mass is 10.2. The van der Waals surface area contributed by atoms with E-state index in [0.717, 1.165) is 5.56 Å². The Labute approximate surface area is 70.7 Å². The van der Waals surface area contributed by atoms with Crippen LogP contribution in [-0.4, -0.2) is 13.0 Å². The lowest BCUT2D eigenvalue weighted by Crippen LogP contribution is -2.06. The van der Waals surface area contributed by atoms with Crippen molar-refractivity contribution in [3.05, 3.63) is 29.8 Å². The monoisotopic (exact) mass is 187 g/mol. The summed E-state index contributed by atoms with van der Waals surface area (Å²) in [5, 5.41) is 0. The van der Waals surface area contributed by atoms with Crippen LogP contribution < -0.4 is 4.18 Å². The van der Waals surface area contributed by atoms with Crippen LogP contribution in [0.5, 0.6) is 5.75 Å². The van der Waals surface area contributed by atoms with E-state index in [2.05, 4.69) is 4.18 Å². The molecule has 0 aliphatic heterocycles. The molecule has 0 saturated heterocycles. The first-order valence-corrected chi connectivity index (χ1v) is 4.53. The quantitative estimate of drug-likeness (QED) is 0.508. The number of hydrogen-bond donors (Lipinski definition) is 0. The molecule has 12 heavy (non-hydrogen) atoms. The molecule has 0 aromatic heterocycles. The van der Waals surface area contributed by atoms with Crippen LogP contribution >= 0.6 is 0 Å². The summed E-state index contributed by atoms with van der Waals surface area (Å²) in [6.07, 6.45) is 0. The largest absolute Gasteiger partial charge is 0.716 e. The van der Waals surface area contributed by atoms with E-state index in [4.69, 9.17) is 0 Å². The molecule has 1 aromatic carbocycles. The molecule has 0 aliphatic rings. The van der Waals surface area contributed by atoms with Gasteiger partial charge in [-0.2, -0.15) is 0 Å². The van der Waals surface area contributed by atoms with E-state index in [0.29, 0.717) is 0 Å². The minimum Gasteiger partial charge on any atom is -0.716 e. The average molecular weight is 187 g/mol. The second-order valence-electron chi connectivity index (χ2n) is 2.30. The highest BCUT2D eigenvalue weighted by Gasteiger charge is 1.96. The smallest absolute Gasteiger partial charge is 0.262 e. The lowest BCUT2D eigenvalue weighted by molar-refractivity contribution is 0.372. The second-order valence-corrected chi connectivity index (χ2v) is 3.29. The summed E-state index contributed by atoms with van der Waals surface area (Å²) >= 11 is 0. The van der Waals surface area contributed by atoms with Crippen LogP contribution in [0.4, 0.5) is 0 Å². The molecule has 66 valence electrons. The minimum absolute atomic E-state index is 0.0376. The molecule has 0 aliphatic carbocycles. The Morgan fingerprint density at radius 3 is 2.17 bits per heavy atom. The predicted octanol–water partition coefficient (Wildman–Crippen LogP) is 0.834. The highest BCUT2D eigenvalue weighted by molar-refractivity contribution is 7.81. The van der Waals surface area contributed by atoms with E-state index in [9.17, 15) is 13.0 Å². The maximum absolute atomic E-state index is 10.1. The van der Waals surface area contributed by atoms with Crippen LogP contribution in [0, 0.1) is 6.92 Å². The summed E-state index contributed by atoms with van der Waals surface area (Å²) in [6, 6.07) is 6.15. The zero-order chi connectivity index (χ0) is 9.19. The Balaban J connectivity index is 2.85. The molecule has 0 heterocycles. The van der Waals surface area contributed by atoms with E-state index in [1.54, 1.807) is 12.1 Å². The summed E-state index contributed by atoms with van der Waals surface area (Å²) in [4.78, 5) is 0. The van der Waals surface area contributed by atoms with Crippen molar-refractivity contribution in [2.75, 3.05) is 0 Å². The van der Waals surface area contributed by atoms with Gasteiger partial charge in [0.1, 0.15) is 5.75 Å². The van der Waals surface area contributed by atoms with E-state index in [1.807, 2.05) is 6.92 Å². The fraction of sp³-hybridized carbons (Fsp3) is 0.143. The fourth-order valence-corrected chi connectivity index (χ4v) is 1.06. The molecule has 1 aromatic rings. The summed E-state index contributed by atoms with van der Waals surface area (Å²) < 4.78 is 34.4. The van der Waals surface area contributed by atoms with Gasteiger partial charge in [0.2, 0.25) is 0 Å². The van der Waals surface area contributed by atoms with Crippen LogP contribution in [0.2, 0.25) is 0 Å². The van der Waals surface area contributed by atoms with Gasteiger partial charge >= 0.3 is 0 Å². The van der Waals surface area contributed by atoms with E-state index < -0.39 is 10.4 Å². The number of aryl methyl sites for hydroxylation is 1. The molecule has 0 unspecified atom stereocenters. The SMILES string of the molecule is Cc1ccc(OS(=O)(=O)[O-])cc1. The molecule has 0 bridgehead atoms. The van der Waals surface area contributed by atoms with Crippen LogP contribution in [0.3, 0.4) is 0 Å². The van der Waals surface area contributed by atoms with Crippen molar-refractivity contribution in [2.45, 2.75) is 6.92 Å². The van der Waals surface area contributed by atoms with Gasteiger partial charge in [-0.1, -0.05) is 17.7 Å². The van der Waals surface area contributed by atoms with Crippen molar-refractivity contribution < 1.29 is 17.2 Å². The van der Waals surface area contributed by atoms with Gasteiger partial charge in [0, 0.05) is 0 Å². The van der Waals surface area contributed by atoms with Gasteiger partial charge < -0.3 is 8.74 Å². The maximum atomic E-state index is 10.1. The summed E-state index contributed by atoms with van der Waals surface area (Å²) in [6.45, 7) is 1.84. The van der Waals surface area contributed by atoms with E-state index >= 15 is 0 Å². The van der Waals surface area contributed by atoms with Gasteiger partial charge in [0.25, 0.3) is 10.4 Å². The van der Waals surface area contributed by atoms with Gasteiger partial charge in [0.05, 0.1) is 0 Å². The molecule has 0 spiro atoms. The van der Waals surface area contributed by atoms with Crippen molar-refractivity contribution >= 4 is 10.4 Å². The first-order chi connectivity index (χ1) is 5.47. The summed E-state index contributed by atoms with van der Waals surface area (Å²) in [7, 11) is -4.64. The first kappa shape index (κ1) is 9.02. The molecular weight excluding hydrogens is 180 g/mol. The molecular formula is C7H7O4S-. The topological polar surface area (TPSA) is 66.4 Å². The number of hydrogen-bond acceptors (Lipinski definition) is 4. The fourth-order valence-electron chi connectivity index (χ4n) is 0.712. The predicted molar refractivity (Wildman–Crippen MR) is 41.5 cm³/mol. The Bertz CT molecular complexity index is 351. The normalized spacial score (nSPS) is 11.2. The number of rotatable bonds is 2. The molecule has 4 nitrogen and oxygen atoms in total. The Morgan fingerprint density at radius 2 is 1.75 bits per heavy atom. The maximum Gasteiger partial charge on any atom is 0.262 e. The molecule has 0 N–H and O–H groups in total. The van der Waals surface area contributed by atoms with Crippen LogP contribution in [0.1, 0.15) is 5.56 Å². The molecule has 0 amide bonds. The second kappa shape index (κ2) is 3.12. The van der Waals surface area contributed by atoms with Crippen molar-refractivity contribution in [1.29, 1.82) is 0 Å². The molecule has 0 radical (unpaired) electrons. The van der Waals surface area contributed by atoms with Crippen LogP contribution in [0.15, 0.2) is 24.3 Å². The minimum atomic E-state index is -4.64. The Hall–Kier alpha value is -1.07. The summed E-state index contributed by atoms with van der Waals surface area (Å²) in [5.74, 6) is 0.0376. The standard InChI is InChI=1S/C7H8O4S/c1-6-2-4-7(5-3-6)11-12(8,9)10/h2-5H,1H3,(H,8,9,10)/p-1. The van der Waals surface area contributed by atoms with Gasteiger partial charge in [-0.05, 0) is 19.1 Å². The van der Waals surface area contributed by atoms with E-state index in [-0.39, 0.29) is 5.75 Å². The molecule has 0 fully saturated rings. The van der Waals surface area contributed by atoms with Crippen molar-refractivity contribution in [2.24, 2.45) is 0 Å². The van der Waals surface area contributed by atoms with Crippen LogP contribution in [0.25, 0.3) is 0 Å². The zero-order valence-electron chi connectivity index (χ0n) is 6.35. The highest BCUT2D eigenvalue weighted by atomic mass is 32.3.